The molecular weight excluding hydrogens is 321 g/mol. The Labute approximate surface area is 135 Å². The van der Waals surface area contributed by atoms with Gasteiger partial charge in [-0.3, -0.25) is 9.00 Å². The minimum absolute atomic E-state index is 0.00820. The van der Waals surface area contributed by atoms with Crippen LogP contribution in [0.5, 0.6) is 5.75 Å². The molecule has 0 saturated heterocycles. The minimum atomic E-state index is -1.38. The average molecular weight is 337 g/mol. The lowest BCUT2D eigenvalue weighted by Gasteiger charge is -2.12. The second-order valence-corrected chi connectivity index (χ2v) is 6.30. The molecule has 0 radical (unpaired) electrons. The highest BCUT2D eigenvalue weighted by Crippen LogP contribution is 2.28. The molecule has 23 heavy (non-hydrogen) atoms. The molecule has 0 amide bonds. The number of ketones is 1. The van der Waals surface area contributed by atoms with Crippen molar-refractivity contribution < 1.29 is 18.1 Å². The molecule has 0 bridgehead atoms. The van der Waals surface area contributed by atoms with Gasteiger partial charge in [0.15, 0.2) is 0 Å². The summed E-state index contributed by atoms with van der Waals surface area (Å²) < 4.78 is 30.6. The van der Waals surface area contributed by atoms with Crippen molar-refractivity contribution in [2.45, 2.75) is 19.0 Å². The van der Waals surface area contributed by atoms with Gasteiger partial charge >= 0.3 is 0 Å². The minimum Gasteiger partial charge on any atom is -0.496 e. The lowest BCUT2D eigenvalue weighted by Crippen LogP contribution is -2.13. The lowest BCUT2D eigenvalue weighted by atomic mass is 9.99. The van der Waals surface area contributed by atoms with E-state index in [1.807, 2.05) is 0 Å². The summed E-state index contributed by atoms with van der Waals surface area (Å²) in [6.45, 7) is 3.19. The summed E-state index contributed by atoms with van der Waals surface area (Å²) in [6.07, 6.45) is 1.21. The third-order valence-electron chi connectivity index (χ3n) is 3.31. The van der Waals surface area contributed by atoms with E-state index in [0.717, 1.165) is 0 Å². The fourth-order valence-electron chi connectivity index (χ4n) is 2.04. The third-order valence-corrected chi connectivity index (χ3v) is 4.44. The van der Waals surface area contributed by atoms with E-state index in [1.165, 1.54) is 32.4 Å². The van der Waals surface area contributed by atoms with Crippen LogP contribution in [0.2, 0.25) is 0 Å². The topological polar surface area (TPSA) is 95.2 Å². The molecular formula is C15H16FN3O3S. The van der Waals surface area contributed by atoms with Gasteiger partial charge in [-0.25, -0.2) is 14.4 Å². The molecule has 0 saturated carbocycles. The van der Waals surface area contributed by atoms with Gasteiger partial charge in [-0.15, -0.1) is 0 Å². The maximum Gasteiger partial charge on any atom is 0.220 e. The predicted octanol–water partition coefficient (Wildman–Crippen LogP) is 1.87. The predicted molar refractivity (Wildman–Crippen MR) is 84.5 cm³/mol. The van der Waals surface area contributed by atoms with Gasteiger partial charge in [0.2, 0.25) is 10.9 Å². The molecule has 2 rings (SSSR count). The number of rotatable bonds is 5. The lowest BCUT2D eigenvalue weighted by molar-refractivity contribution is 0.103. The van der Waals surface area contributed by atoms with Gasteiger partial charge in [0.25, 0.3) is 0 Å². The molecule has 0 spiro atoms. The number of nitrogens with zero attached hydrogens (tertiary/aromatic N) is 2. The second-order valence-electron chi connectivity index (χ2n) is 4.66. The van der Waals surface area contributed by atoms with E-state index in [9.17, 15) is 13.4 Å². The Morgan fingerprint density at radius 3 is 2.70 bits per heavy atom. The fraction of sp³-hybridized carbons (Fsp3) is 0.267. The summed E-state index contributed by atoms with van der Waals surface area (Å²) >= 11 is 0. The molecule has 0 aliphatic carbocycles. The number of ether oxygens (including phenoxy) is 1. The molecule has 1 unspecified atom stereocenters. The first kappa shape index (κ1) is 17.0. The molecule has 0 aliphatic heterocycles. The molecule has 122 valence electrons. The highest BCUT2D eigenvalue weighted by atomic mass is 32.2. The van der Waals surface area contributed by atoms with Gasteiger partial charge in [0.05, 0.1) is 29.0 Å². The van der Waals surface area contributed by atoms with E-state index in [2.05, 4.69) is 9.97 Å². The van der Waals surface area contributed by atoms with Gasteiger partial charge in [0.1, 0.15) is 17.4 Å². The average Bonchev–Trinajstić information content (AvgIpc) is 2.55. The molecule has 8 heteroatoms. The van der Waals surface area contributed by atoms with Crippen LogP contribution in [0.3, 0.4) is 0 Å². The Kier molecular flexibility index (Phi) is 5.05. The number of halogens is 1. The molecule has 1 aromatic heterocycles. The third kappa shape index (κ3) is 3.21. The van der Waals surface area contributed by atoms with Crippen molar-refractivity contribution in [1.82, 2.24) is 9.97 Å². The number of nitrogen functional groups attached to an aromatic ring is 1. The van der Waals surface area contributed by atoms with Gasteiger partial charge in [-0.1, -0.05) is 6.92 Å². The number of aromatic nitrogens is 2. The van der Waals surface area contributed by atoms with Crippen LogP contribution >= 0.6 is 0 Å². The summed E-state index contributed by atoms with van der Waals surface area (Å²) in [5.74, 6) is -0.617. The van der Waals surface area contributed by atoms with Crippen LogP contribution in [-0.2, 0) is 10.8 Å². The maximum atomic E-state index is 13.8. The summed E-state index contributed by atoms with van der Waals surface area (Å²) in [5, 5.41) is 0.0597. The number of carbonyl (C=O) groups excluding carboxylic acids is 1. The zero-order chi connectivity index (χ0) is 17.1. The number of nitrogens with two attached hydrogens (primary N) is 1. The Morgan fingerprint density at radius 1 is 1.43 bits per heavy atom. The van der Waals surface area contributed by atoms with Crippen molar-refractivity contribution in [1.29, 1.82) is 0 Å². The molecule has 0 aliphatic rings. The number of methoxy groups -OCH3 is 1. The molecule has 6 nitrogen and oxygen atoms in total. The molecule has 1 atom stereocenters. The Bertz CT molecular complexity index is 796. The summed E-state index contributed by atoms with van der Waals surface area (Å²) in [6, 6.07) is 2.59. The molecule has 2 N–H and O–H groups in total. The number of hydrogen-bond acceptors (Lipinski definition) is 6. The summed E-state index contributed by atoms with van der Waals surface area (Å²) in [4.78, 5) is 20.5. The van der Waals surface area contributed by atoms with E-state index in [4.69, 9.17) is 10.5 Å². The fourth-order valence-corrected chi connectivity index (χ4v) is 2.67. The van der Waals surface area contributed by atoms with Crippen molar-refractivity contribution in [3.63, 3.8) is 0 Å². The molecule has 1 heterocycles. The summed E-state index contributed by atoms with van der Waals surface area (Å²) in [5.41, 5.74) is 6.01. The van der Waals surface area contributed by atoms with Crippen molar-refractivity contribution >= 4 is 22.4 Å². The number of benzene rings is 1. The highest BCUT2D eigenvalue weighted by Gasteiger charge is 2.23. The van der Waals surface area contributed by atoms with Crippen molar-refractivity contribution in [2.24, 2.45) is 0 Å². The first-order chi connectivity index (χ1) is 10.9. The highest BCUT2D eigenvalue weighted by molar-refractivity contribution is 7.84. The van der Waals surface area contributed by atoms with Crippen molar-refractivity contribution in [2.75, 3.05) is 18.6 Å². The first-order valence-electron chi connectivity index (χ1n) is 6.79. The Hall–Kier alpha value is -2.35. The number of carbonyl (C=O) groups is 1. The van der Waals surface area contributed by atoms with Gasteiger partial charge in [-0.2, -0.15) is 0 Å². The maximum absolute atomic E-state index is 13.8. The Balaban J connectivity index is 2.54. The molecule has 0 fully saturated rings. The molecule has 1 aromatic carbocycles. The van der Waals surface area contributed by atoms with E-state index in [-0.39, 0.29) is 33.4 Å². The standard InChI is InChI=1S/C15H16FN3O3S/c1-4-23(21)15-18-7-9(14(17)19-15)13(20)12-8(2)10(16)5-6-11(12)22-3/h5-7H,4H2,1-3H3,(H2,17,18,19). The normalized spacial score (nSPS) is 12.0. The van der Waals surface area contributed by atoms with Crippen LogP contribution in [0.15, 0.2) is 23.5 Å². The number of hydrogen-bond donors (Lipinski definition) is 1. The number of anilines is 1. The quantitative estimate of drug-likeness (QED) is 0.661. The van der Waals surface area contributed by atoms with Crippen LogP contribution in [0.25, 0.3) is 0 Å². The molecule has 2 aromatic rings. The largest absolute Gasteiger partial charge is 0.496 e. The van der Waals surface area contributed by atoms with E-state index in [0.29, 0.717) is 5.75 Å². The van der Waals surface area contributed by atoms with Crippen LogP contribution in [0.1, 0.15) is 28.4 Å². The van der Waals surface area contributed by atoms with E-state index in [1.54, 1.807) is 6.92 Å². The zero-order valence-electron chi connectivity index (χ0n) is 12.9. The Morgan fingerprint density at radius 2 is 2.13 bits per heavy atom. The van der Waals surface area contributed by atoms with Crippen molar-refractivity contribution in [3.05, 3.63) is 40.8 Å². The summed E-state index contributed by atoms with van der Waals surface area (Å²) in [7, 11) is 0.00682. The van der Waals surface area contributed by atoms with Crippen molar-refractivity contribution in [3.8, 4) is 5.75 Å². The van der Waals surface area contributed by atoms with Crippen LogP contribution in [0.4, 0.5) is 10.2 Å². The van der Waals surface area contributed by atoms with Gasteiger partial charge in [0, 0.05) is 11.9 Å². The second kappa shape index (κ2) is 6.82. The smallest absolute Gasteiger partial charge is 0.220 e. The van der Waals surface area contributed by atoms with Crippen LogP contribution in [-0.4, -0.2) is 32.8 Å². The SMILES string of the molecule is CCS(=O)c1ncc(C(=O)c2c(OC)ccc(F)c2C)c(N)n1. The zero-order valence-corrected chi connectivity index (χ0v) is 13.7. The van der Waals surface area contributed by atoms with Gasteiger partial charge in [-0.05, 0) is 24.6 Å². The van der Waals surface area contributed by atoms with Crippen LogP contribution < -0.4 is 10.5 Å². The monoisotopic (exact) mass is 337 g/mol. The van der Waals surface area contributed by atoms with Gasteiger partial charge < -0.3 is 10.5 Å². The van der Waals surface area contributed by atoms with E-state index >= 15 is 0 Å². The first-order valence-corrected chi connectivity index (χ1v) is 8.11. The van der Waals surface area contributed by atoms with Crippen LogP contribution in [0, 0.1) is 12.7 Å². The van der Waals surface area contributed by atoms with E-state index < -0.39 is 22.4 Å².